The maximum Gasteiger partial charge on any atom is 0.309 e. The molecule has 33 heavy (non-hydrogen) atoms. The Hall–Kier alpha value is -3.22. The molecule has 1 saturated heterocycles. The Morgan fingerprint density at radius 3 is 2.61 bits per heavy atom. The Labute approximate surface area is 191 Å². The van der Waals surface area contributed by atoms with Crippen LogP contribution in [0.4, 0.5) is 0 Å². The highest BCUT2D eigenvalue weighted by Gasteiger charge is 2.35. The molecule has 2 aromatic rings. The number of amides is 2. The molecule has 0 saturated carbocycles. The van der Waals surface area contributed by atoms with Crippen molar-refractivity contribution in [3.63, 3.8) is 0 Å². The summed E-state index contributed by atoms with van der Waals surface area (Å²) in [5.41, 5.74) is 0.603. The molecule has 2 aliphatic heterocycles. The molecular weight excluding hydrogens is 452 g/mol. The van der Waals surface area contributed by atoms with Gasteiger partial charge in [0.15, 0.2) is 11.5 Å². The number of aromatic nitrogens is 1. The lowest BCUT2D eigenvalue weighted by molar-refractivity contribution is -0.140. The number of carbonyl (C=O) groups excluding carboxylic acids is 2. The van der Waals surface area contributed by atoms with Crippen LogP contribution in [0.2, 0.25) is 0 Å². The van der Waals surface area contributed by atoms with Crippen molar-refractivity contribution < 1.29 is 32.2 Å². The first-order valence-corrected chi connectivity index (χ1v) is 11.9. The zero-order chi connectivity index (χ0) is 23.3. The third-order valence-electron chi connectivity index (χ3n) is 5.07. The Morgan fingerprint density at radius 1 is 1.03 bits per heavy atom. The second kappa shape index (κ2) is 10.1. The maximum atomic E-state index is 13.3. The first kappa shape index (κ1) is 23.0. The molecule has 4 rings (SSSR count). The van der Waals surface area contributed by atoms with Gasteiger partial charge in [-0.2, -0.15) is 4.31 Å². The van der Waals surface area contributed by atoms with Crippen molar-refractivity contribution in [2.75, 3.05) is 32.9 Å². The highest BCUT2D eigenvalue weighted by Crippen LogP contribution is 2.34. The fourth-order valence-electron chi connectivity index (χ4n) is 3.44. The standard InChI is InChI=1S/C21H24N4O7S/c26-20(23-13-15-4-1-2-7-22-15)21(27)24-14-19-25(8-3-9-32-19)33(28,29)16-5-6-17-18(12-16)31-11-10-30-17/h1-2,4-7,12,19H,3,8-11,13-14H2,(H,23,26)(H,24,27). The number of hydrogen-bond donors (Lipinski definition) is 2. The van der Waals surface area contributed by atoms with Gasteiger partial charge in [0, 0.05) is 18.8 Å². The van der Waals surface area contributed by atoms with Gasteiger partial charge in [-0.05, 0) is 30.7 Å². The summed E-state index contributed by atoms with van der Waals surface area (Å²) in [6.45, 7) is 1.19. The number of pyridine rings is 1. The Balaban J connectivity index is 1.38. The summed E-state index contributed by atoms with van der Waals surface area (Å²) in [4.78, 5) is 28.4. The Morgan fingerprint density at radius 2 is 1.82 bits per heavy atom. The van der Waals surface area contributed by atoms with Gasteiger partial charge in [-0.1, -0.05) is 6.07 Å². The predicted octanol–water partition coefficient (Wildman–Crippen LogP) is 0.0225. The zero-order valence-corrected chi connectivity index (χ0v) is 18.5. The van der Waals surface area contributed by atoms with E-state index in [1.165, 1.54) is 16.4 Å². The van der Waals surface area contributed by atoms with E-state index in [-0.39, 0.29) is 24.5 Å². The normalized spacial score (nSPS) is 18.4. The molecular formula is C21H24N4O7S. The number of nitrogens with one attached hydrogen (secondary N) is 2. The van der Waals surface area contributed by atoms with E-state index in [9.17, 15) is 18.0 Å². The highest BCUT2D eigenvalue weighted by atomic mass is 32.2. The molecule has 1 aromatic heterocycles. The van der Waals surface area contributed by atoms with E-state index in [1.807, 2.05) is 0 Å². The molecule has 0 spiro atoms. The number of hydrogen-bond acceptors (Lipinski definition) is 8. The monoisotopic (exact) mass is 476 g/mol. The summed E-state index contributed by atoms with van der Waals surface area (Å²) in [7, 11) is -3.95. The fraction of sp³-hybridized carbons (Fsp3) is 0.381. The van der Waals surface area contributed by atoms with Crippen molar-refractivity contribution in [1.82, 2.24) is 19.9 Å². The van der Waals surface area contributed by atoms with Gasteiger partial charge in [0.05, 0.1) is 30.3 Å². The minimum atomic E-state index is -3.95. The number of fused-ring (bicyclic) bond motifs is 1. The van der Waals surface area contributed by atoms with Crippen LogP contribution in [0.3, 0.4) is 0 Å². The minimum absolute atomic E-state index is 0.0293. The molecule has 0 bridgehead atoms. The van der Waals surface area contributed by atoms with E-state index in [1.54, 1.807) is 30.5 Å². The van der Waals surface area contributed by atoms with Gasteiger partial charge in [0.2, 0.25) is 10.0 Å². The van der Waals surface area contributed by atoms with Crippen LogP contribution in [0, 0.1) is 0 Å². The Kier molecular flexibility index (Phi) is 7.06. The van der Waals surface area contributed by atoms with Gasteiger partial charge in [-0.15, -0.1) is 0 Å². The second-order valence-corrected chi connectivity index (χ2v) is 9.20. The van der Waals surface area contributed by atoms with E-state index in [0.717, 1.165) is 0 Å². The summed E-state index contributed by atoms with van der Waals surface area (Å²) in [5, 5.41) is 4.92. The third kappa shape index (κ3) is 5.41. The van der Waals surface area contributed by atoms with Gasteiger partial charge in [-0.3, -0.25) is 14.6 Å². The van der Waals surface area contributed by atoms with Crippen LogP contribution in [0.5, 0.6) is 11.5 Å². The van der Waals surface area contributed by atoms with Crippen molar-refractivity contribution in [3.8, 4) is 11.5 Å². The van der Waals surface area contributed by atoms with Crippen LogP contribution < -0.4 is 20.1 Å². The molecule has 3 heterocycles. The lowest BCUT2D eigenvalue weighted by Gasteiger charge is -2.34. The largest absolute Gasteiger partial charge is 0.486 e. The Bertz CT molecular complexity index is 1110. The van der Waals surface area contributed by atoms with E-state index in [2.05, 4.69) is 15.6 Å². The smallest absolute Gasteiger partial charge is 0.309 e. The SMILES string of the molecule is O=C(NCc1ccccn1)C(=O)NCC1OCCCN1S(=O)(=O)c1ccc2c(c1)OCCO2. The number of sulfonamides is 1. The predicted molar refractivity (Wildman–Crippen MR) is 115 cm³/mol. The van der Waals surface area contributed by atoms with Gasteiger partial charge in [0.25, 0.3) is 0 Å². The number of ether oxygens (including phenoxy) is 3. The van der Waals surface area contributed by atoms with Crippen LogP contribution in [0.1, 0.15) is 12.1 Å². The molecule has 12 heteroatoms. The van der Waals surface area contributed by atoms with E-state index in [0.29, 0.717) is 43.4 Å². The lowest BCUT2D eigenvalue weighted by Crippen LogP contribution is -2.53. The van der Waals surface area contributed by atoms with Crippen LogP contribution >= 0.6 is 0 Å². The van der Waals surface area contributed by atoms with Crippen molar-refractivity contribution in [2.45, 2.75) is 24.1 Å². The van der Waals surface area contributed by atoms with Gasteiger partial charge < -0.3 is 24.8 Å². The average molecular weight is 477 g/mol. The summed E-state index contributed by atoms with van der Waals surface area (Å²) in [5.74, 6) is -0.903. The van der Waals surface area contributed by atoms with Crippen LogP contribution in [-0.2, 0) is 30.9 Å². The first-order chi connectivity index (χ1) is 15.9. The summed E-state index contributed by atoms with van der Waals surface area (Å²) >= 11 is 0. The quantitative estimate of drug-likeness (QED) is 0.557. The highest BCUT2D eigenvalue weighted by molar-refractivity contribution is 7.89. The molecule has 1 aromatic carbocycles. The van der Waals surface area contributed by atoms with E-state index in [4.69, 9.17) is 14.2 Å². The first-order valence-electron chi connectivity index (χ1n) is 10.4. The van der Waals surface area contributed by atoms with Gasteiger partial charge in [0.1, 0.15) is 19.4 Å². The fourth-order valence-corrected chi connectivity index (χ4v) is 5.02. The van der Waals surface area contributed by atoms with Crippen molar-refractivity contribution in [3.05, 3.63) is 48.3 Å². The summed E-state index contributed by atoms with van der Waals surface area (Å²) < 4.78 is 44.3. The molecule has 2 amide bonds. The lowest BCUT2D eigenvalue weighted by atomic mass is 10.3. The second-order valence-electron chi connectivity index (χ2n) is 7.31. The minimum Gasteiger partial charge on any atom is -0.486 e. The van der Waals surface area contributed by atoms with E-state index < -0.39 is 28.1 Å². The maximum absolute atomic E-state index is 13.3. The molecule has 1 fully saturated rings. The van der Waals surface area contributed by atoms with Crippen LogP contribution in [-0.4, -0.2) is 68.7 Å². The number of carbonyl (C=O) groups is 2. The van der Waals surface area contributed by atoms with Crippen molar-refractivity contribution >= 4 is 21.8 Å². The molecule has 2 aliphatic rings. The average Bonchev–Trinajstić information content (AvgIpc) is 2.86. The van der Waals surface area contributed by atoms with E-state index >= 15 is 0 Å². The summed E-state index contributed by atoms with van der Waals surface area (Å²) in [6, 6.07) is 9.64. The topological polar surface area (TPSA) is 136 Å². The van der Waals surface area contributed by atoms with Gasteiger partial charge in [-0.25, -0.2) is 8.42 Å². The van der Waals surface area contributed by atoms with Crippen molar-refractivity contribution in [2.24, 2.45) is 0 Å². The molecule has 0 aliphatic carbocycles. The summed E-state index contributed by atoms with van der Waals surface area (Å²) in [6.07, 6.45) is 1.13. The number of nitrogens with zero attached hydrogens (tertiary/aromatic N) is 2. The molecule has 2 N–H and O–H groups in total. The van der Waals surface area contributed by atoms with Crippen LogP contribution in [0.15, 0.2) is 47.5 Å². The van der Waals surface area contributed by atoms with Crippen LogP contribution in [0.25, 0.3) is 0 Å². The van der Waals surface area contributed by atoms with Gasteiger partial charge >= 0.3 is 11.8 Å². The molecule has 1 unspecified atom stereocenters. The molecule has 1 atom stereocenters. The third-order valence-corrected chi connectivity index (χ3v) is 6.96. The van der Waals surface area contributed by atoms with Crippen molar-refractivity contribution in [1.29, 1.82) is 0 Å². The molecule has 11 nitrogen and oxygen atoms in total. The molecule has 0 radical (unpaired) electrons. The zero-order valence-electron chi connectivity index (χ0n) is 17.7. The number of benzene rings is 1. The number of rotatable bonds is 6. The molecule has 176 valence electrons.